The van der Waals surface area contributed by atoms with Crippen LogP contribution in [0.3, 0.4) is 0 Å². The molecule has 2 unspecified atom stereocenters. The zero-order chi connectivity index (χ0) is 15.4. The molecule has 2 rings (SSSR count). The van der Waals surface area contributed by atoms with Crippen LogP contribution in [0.25, 0.3) is 0 Å². The van der Waals surface area contributed by atoms with Crippen molar-refractivity contribution in [3.63, 3.8) is 0 Å². The number of nitrogens with zero attached hydrogens (tertiary/aromatic N) is 2. The zero-order valence-electron chi connectivity index (χ0n) is 12.4. The van der Waals surface area contributed by atoms with Crippen LogP contribution in [0, 0.1) is 5.92 Å². The molecule has 1 aliphatic carbocycles. The van der Waals surface area contributed by atoms with Gasteiger partial charge in [0.25, 0.3) is 0 Å². The van der Waals surface area contributed by atoms with Crippen molar-refractivity contribution < 1.29 is 19.5 Å². The molecule has 7 heteroatoms. The molecular formula is C14H23N3O4. The number of carbonyl (C=O) groups excluding carboxylic acids is 2. The number of carboxylic acids is 1. The van der Waals surface area contributed by atoms with Crippen LogP contribution in [0.15, 0.2) is 0 Å². The topological polar surface area (TPSA) is 90.0 Å². The molecule has 0 aromatic carbocycles. The number of carbonyl (C=O) groups is 3. The smallest absolute Gasteiger partial charge is 0.317 e. The molecule has 0 radical (unpaired) electrons. The molecule has 0 bridgehead atoms. The maximum Gasteiger partial charge on any atom is 0.317 e. The molecule has 0 spiro atoms. The van der Waals surface area contributed by atoms with E-state index in [1.54, 1.807) is 11.9 Å². The van der Waals surface area contributed by atoms with Gasteiger partial charge in [-0.2, -0.15) is 0 Å². The molecule has 1 heterocycles. The maximum atomic E-state index is 12.1. The van der Waals surface area contributed by atoms with Gasteiger partial charge in [-0.15, -0.1) is 0 Å². The van der Waals surface area contributed by atoms with E-state index < -0.39 is 11.9 Å². The summed E-state index contributed by atoms with van der Waals surface area (Å²) in [5, 5.41) is 11.8. The van der Waals surface area contributed by atoms with Gasteiger partial charge >= 0.3 is 12.0 Å². The van der Waals surface area contributed by atoms with Crippen molar-refractivity contribution in [2.75, 3.05) is 26.7 Å². The molecule has 1 saturated carbocycles. The predicted octanol–water partition coefficient (Wildman–Crippen LogP) is 0.504. The highest BCUT2D eigenvalue weighted by molar-refractivity contribution is 5.84. The molecular weight excluding hydrogens is 274 g/mol. The average Bonchev–Trinajstić information content (AvgIpc) is 3.09. The Morgan fingerprint density at radius 3 is 2.48 bits per heavy atom. The lowest BCUT2D eigenvalue weighted by Crippen LogP contribution is -2.48. The summed E-state index contributed by atoms with van der Waals surface area (Å²) in [5.41, 5.74) is 0. The van der Waals surface area contributed by atoms with E-state index in [9.17, 15) is 14.4 Å². The molecule has 3 amide bonds. The minimum Gasteiger partial charge on any atom is -0.481 e. The first-order chi connectivity index (χ1) is 9.99. The number of hydrogen-bond donors (Lipinski definition) is 2. The normalized spacial score (nSPS) is 24.9. The van der Waals surface area contributed by atoms with Gasteiger partial charge < -0.3 is 20.2 Å². The summed E-state index contributed by atoms with van der Waals surface area (Å²) < 4.78 is 0. The quantitative estimate of drug-likeness (QED) is 0.791. The van der Waals surface area contributed by atoms with Crippen LogP contribution < -0.4 is 5.32 Å². The van der Waals surface area contributed by atoms with Gasteiger partial charge in [-0.1, -0.05) is 6.42 Å². The molecule has 0 aromatic heterocycles. The molecule has 1 aliphatic heterocycles. The fourth-order valence-electron chi connectivity index (χ4n) is 3.04. The molecule has 1 saturated heterocycles. The number of likely N-dealkylation sites (N-methyl/N-ethyl adjacent to an activating group) is 1. The number of nitrogens with one attached hydrogen (secondary N) is 1. The van der Waals surface area contributed by atoms with E-state index in [1.165, 1.54) is 4.90 Å². The highest BCUT2D eigenvalue weighted by Gasteiger charge is 2.34. The van der Waals surface area contributed by atoms with Gasteiger partial charge in [0.2, 0.25) is 5.91 Å². The van der Waals surface area contributed by atoms with Crippen LogP contribution in [0.1, 0.15) is 32.1 Å². The fraction of sp³-hybridized carbons (Fsp3) is 0.786. The second-order valence-corrected chi connectivity index (χ2v) is 5.88. The lowest BCUT2D eigenvalue weighted by Gasteiger charge is -2.24. The third-order valence-electron chi connectivity index (χ3n) is 4.32. The molecule has 2 aliphatic rings. The van der Waals surface area contributed by atoms with Crippen molar-refractivity contribution in [2.45, 2.75) is 38.1 Å². The van der Waals surface area contributed by atoms with Crippen molar-refractivity contribution in [3.05, 3.63) is 0 Å². The Bertz CT molecular complexity index is 420. The fourth-order valence-corrected chi connectivity index (χ4v) is 3.04. The highest BCUT2D eigenvalue weighted by Crippen LogP contribution is 2.25. The van der Waals surface area contributed by atoms with E-state index in [2.05, 4.69) is 5.32 Å². The first kappa shape index (κ1) is 15.6. The van der Waals surface area contributed by atoms with Crippen LogP contribution in [-0.2, 0) is 9.59 Å². The predicted molar refractivity (Wildman–Crippen MR) is 75.7 cm³/mol. The van der Waals surface area contributed by atoms with Gasteiger partial charge in [0.1, 0.15) is 6.54 Å². The summed E-state index contributed by atoms with van der Waals surface area (Å²) in [5.74, 6) is -1.43. The van der Waals surface area contributed by atoms with E-state index in [0.717, 1.165) is 32.4 Å². The number of hydrogen-bond acceptors (Lipinski definition) is 3. The second kappa shape index (κ2) is 6.78. The lowest BCUT2D eigenvalue weighted by atomic mass is 10.0. The maximum absolute atomic E-state index is 12.1. The summed E-state index contributed by atoms with van der Waals surface area (Å²) in [4.78, 5) is 38.2. The van der Waals surface area contributed by atoms with E-state index >= 15 is 0 Å². The van der Waals surface area contributed by atoms with Crippen LogP contribution in [-0.4, -0.2) is 65.5 Å². The molecule has 21 heavy (non-hydrogen) atoms. The Morgan fingerprint density at radius 1 is 1.19 bits per heavy atom. The number of amides is 3. The van der Waals surface area contributed by atoms with Crippen molar-refractivity contribution >= 4 is 17.9 Å². The van der Waals surface area contributed by atoms with E-state index in [-0.39, 0.29) is 24.5 Å². The van der Waals surface area contributed by atoms with Crippen molar-refractivity contribution in [3.8, 4) is 0 Å². The summed E-state index contributed by atoms with van der Waals surface area (Å²) >= 11 is 0. The largest absolute Gasteiger partial charge is 0.481 e. The number of likely N-dealkylation sites (tertiary alicyclic amines) is 1. The van der Waals surface area contributed by atoms with Crippen LogP contribution >= 0.6 is 0 Å². The van der Waals surface area contributed by atoms with E-state index in [4.69, 9.17) is 5.11 Å². The minimum absolute atomic E-state index is 0.0380. The second-order valence-electron chi connectivity index (χ2n) is 5.88. The lowest BCUT2D eigenvalue weighted by molar-refractivity contribution is -0.142. The van der Waals surface area contributed by atoms with Gasteiger partial charge in [-0.05, 0) is 25.7 Å². The van der Waals surface area contributed by atoms with Crippen molar-refractivity contribution in [1.29, 1.82) is 0 Å². The summed E-state index contributed by atoms with van der Waals surface area (Å²) in [6, 6.07) is -0.708. The van der Waals surface area contributed by atoms with Gasteiger partial charge in [0, 0.05) is 26.2 Å². The Hall–Kier alpha value is -1.79. The SMILES string of the molecule is CN(CC(=O)N1CCCC1)C(=O)NC1CCCC1C(=O)O. The third kappa shape index (κ3) is 3.86. The monoisotopic (exact) mass is 297 g/mol. The van der Waals surface area contributed by atoms with Gasteiger partial charge in [-0.25, -0.2) is 4.79 Å². The third-order valence-corrected chi connectivity index (χ3v) is 4.32. The van der Waals surface area contributed by atoms with Gasteiger partial charge in [0.15, 0.2) is 0 Å². The van der Waals surface area contributed by atoms with Crippen LogP contribution in [0.5, 0.6) is 0 Å². The summed E-state index contributed by atoms with van der Waals surface area (Å²) in [6.45, 7) is 1.56. The first-order valence-electron chi connectivity index (χ1n) is 7.51. The Morgan fingerprint density at radius 2 is 1.86 bits per heavy atom. The summed E-state index contributed by atoms with van der Waals surface area (Å²) in [7, 11) is 1.56. The molecule has 2 N–H and O–H groups in total. The zero-order valence-corrected chi connectivity index (χ0v) is 12.4. The summed E-state index contributed by atoms with van der Waals surface area (Å²) in [6.07, 6.45) is 4.11. The number of aliphatic carboxylic acids is 1. The Balaban J connectivity index is 1.81. The van der Waals surface area contributed by atoms with Crippen LogP contribution in [0.4, 0.5) is 4.79 Å². The molecule has 118 valence electrons. The highest BCUT2D eigenvalue weighted by atomic mass is 16.4. The van der Waals surface area contributed by atoms with Gasteiger partial charge in [0.05, 0.1) is 5.92 Å². The molecule has 0 aromatic rings. The number of urea groups is 1. The Kier molecular flexibility index (Phi) is 5.03. The van der Waals surface area contributed by atoms with E-state index in [0.29, 0.717) is 12.8 Å². The molecule has 2 atom stereocenters. The number of rotatable bonds is 4. The van der Waals surface area contributed by atoms with Crippen LogP contribution in [0.2, 0.25) is 0 Å². The van der Waals surface area contributed by atoms with Crippen molar-refractivity contribution in [1.82, 2.24) is 15.1 Å². The standard InChI is InChI=1S/C14H23N3O4/c1-16(9-12(18)17-7-2-3-8-17)14(21)15-11-6-4-5-10(11)13(19)20/h10-11H,2-9H2,1H3,(H,15,21)(H,19,20). The average molecular weight is 297 g/mol. The first-order valence-corrected chi connectivity index (χ1v) is 7.51. The molecule has 2 fully saturated rings. The molecule has 7 nitrogen and oxygen atoms in total. The van der Waals surface area contributed by atoms with Gasteiger partial charge in [-0.3, -0.25) is 9.59 Å². The number of carboxylic acid groups (broad SMARTS) is 1. The Labute approximate surface area is 124 Å². The van der Waals surface area contributed by atoms with Crippen molar-refractivity contribution in [2.24, 2.45) is 5.92 Å². The van der Waals surface area contributed by atoms with E-state index in [1.807, 2.05) is 0 Å². The minimum atomic E-state index is -0.867.